The van der Waals surface area contributed by atoms with Crippen LogP contribution in [0.2, 0.25) is 0 Å². The third-order valence-electron chi connectivity index (χ3n) is 3.51. The fourth-order valence-corrected chi connectivity index (χ4v) is 2.40. The van der Waals surface area contributed by atoms with Gasteiger partial charge in [0.25, 0.3) is 0 Å². The Kier molecular flexibility index (Phi) is 4.93. The molecule has 0 spiro atoms. The number of nitrogens with zero attached hydrogens (tertiary/aromatic N) is 3. The van der Waals surface area contributed by atoms with Gasteiger partial charge in [-0.05, 0) is 38.2 Å². The summed E-state index contributed by atoms with van der Waals surface area (Å²) in [7, 11) is 6.18. The van der Waals surface area contributed by atoms with Crippen LogP contribution in [0.4, 0.5) is 0 Å². The summed E-state index contributed by atoms with van der Waals surface area (Å²) in [5.74, 6) is 0. The van der Waals surface area contributed by atoms with Gasteiger partial charge >= 0.3 is 0 Å². The molecule has 0 aliphatic heterocycles. The predicted octanol–water partition coefficient (Wildman–Crippen LogP) is 2.33. The van der Waals surface area contributed by atoms with E-state index in [1.165, 1.54) is 16.8 Å². The minimum absolute atomic E-state index is 0.287. The smallest absolute Gasteiger partial charge is 0.0547 e. The third kappa shape index (κ3) is 3.68. The van der Waals surface area contributed by atoms with Crippen molar-refractivity contribution < 1.29 is 0 Å². The lowest BCUT2D eigenvalue weighted by atomic mass is 10.1. The minimum atomic E-state index is 0.287. The van der Waals surface area contributed by atoms with Gasteiger partial charge in [-0.2, -0.15) is 5.10 Å². The Morgan fingerprint density at radius 1 is 1.20 bits per heavy atom. The number of aryl methyl sites for hydroxylation is 1. The zero-order valence-electron chi connectivity index (χ0n) is 12.8. The topological polar surface area (TPSA) is 33.1 Å². The van der Waals surface area contributed by atoms with Gasteiger partial charge in [0, 0.05) is 32.4 Å². The Morgan fingerprint density at radius 3 is 2.50 bits per heavy atom. The fourth-order valence-electron chi connectivity index (χ4n) is 2.40. The maximum Gasteiger partial charge on any atom is 0.0547 e. The molecular weight excluding hydrogens is 248 g/mol. The summed E-state index contributed by atoms with van der Waals surface area (Å²) in [5.41, 5.74) is 3.94. The lowest BCUT2D eigenvalue weighted by Crippen LogP contribution is -2.22. The van der Waals surface area contributed by atoms with Crippen LogP contribution in [0, 0.1) is 0 Å². The normalized spacial score (nSPS) is 12.8. The first kappa shape index (κ1) is 14.8. The molecule has 0 saturated heterocycles. The van der Waals surface area contributed by atoms with Crippen molar-refractivity contribution in [1.29, 1.82) is 0 Å². The van der Waals surface area contributed by atoms with Crippen molar-refractivity contribution in [1.82, 2.24) is 20.0 Å². The van der Waals surface area contributed by atoms with Crippen LogP contribution in [0.3, 0.4) is 0 Å². The molecule has 2 aromatic rings. The van der Waals surface area contributed by atoms with Gasteiger partial charge in [-0.25, -0.2) is 0 Å². The van der Waals surface area contributed by atoms with Crippen LogP contribution in [0.5, 0.6) is 0 Å². The summed E-state index contributed by atoms with van der Waals surface area (Å²) in [4.78, 5) is 2.20. The molecule has 108 valence electrons. The van der Waals surface area contributed by atoms with E-state index in [0.29, 0.717) is 0 Å². The van der Waals surface area contributed by atoms with Crippen molar-refractivity contribution in [3.8, 4) is 0 Å². The zero-order chi connectivity index (χ0) is 14.5. The first-order valence-corrected chi connectivity index (χ1v) is 7.00. The Hall–Kier alpha value is -1.65. The lowest BCUT2D eigenvalue weighted by Gasteiger charge is -2.18. The maximum atomic E-state index is 4.22. The average Bonchev–Trinajstić information content (AvgIpc) is 2.83. The van der Waals surface area contributed by atoms with Gasteiger partial charge in [-0.1, -0.05) is 24.3 Å². The molecule has 1 N–H and O–H groups in total. The van der Waals surface area contributed by atoms with Crippen molar-refractivity contribution in [3.05, 3.63) is 53.3 Å². The van der Waals surface area contributed by atoms with Crippen molar-refractivity contribution in [2.75, 3.05) is 14.1 Å². The van der Waals surface area contributed by atoms with Crippen LogP contribution in [0.1, 0.15) is 29.8 Å². The maximum absolute atomic E-state index is 4.22. The van der Waals surface area contributed by atoms with Crippen molar-refractivity contribution >= 4 is 0 Å². The molecule has 0 saturated carbocycles. The number of nitrogens with one attached hydrogen (secondary N) is 1. The molecule has 4 heteroatoms. The zero-order valence-corrected chi connectivity index (χ0v) is 12.8. The summed E-state index contributed by atoms with van der Waals surface area (Å²) >= 11 is 0. The molecule has 20 heavy (non-hydrogen) atoms. The molecular formula is C16H24N4. The standard InChI is InChI=1S/C16H24N4/c1-13(16-9-10-18-20(16)4)17-11-14-7-5-6-8-15(14)12-19(2)3/h5-10,13,17H,11-12H2,1-4H3. The quantitative estimate of drug-likeness (QED) is 0.876. The van der Waals surface area contributed by atoms with Crippen LogP contribution in [0.15, 0.2) is 36.5 Å². The van der Waals surface area contributed by atoms with Gasteiger partial charge in [0.1, 0.15) is 0 Å². The average molecular weight is 272 g/mol. The van der Waals surface area contributed by atoms with Gasteiger partial charge in [-0.15, -0.1) is 0 Å². The highest BCUT2D eigenvalue weighted by molar-refractivity contribution is 5.27. The number of benzene rings is 1. The van der Waals surface area contributed by atoms with Gasteiger partial charge in [0.2, 0.25) is 0 Å². The molecule has 1 heterocycles. The molecule has 1 unspecified atom stereocenters. The highest BCUT2D eigenvalue weighted by Gasteiger charge is 2.10. The Labute approximate surface area is 121 Å². The van der Waals surface area contributed by atoms with Crippen molar-refractivity contribution in [2.45, 2.75) is 26.1 Å². The van der Waals surface area contributed by atoms with Gasteiger partial charge in [-0.3, -0.25) is 4.68 Å². The Balaban J connectivity index is 2.02. The SMILES string of the molecule is CC(NCc1ccccc1CN(C)C)c1ccnn1C. The first-order chi connectivity index (χ1) is 9.58. The van der Waals surface area contributed by atoms with Crippen molar-refractivity contribution in [3.63, 3.8) is 0 Å². The van der Waals surface area contributed by atoms with E-state index in [-0.39, 0.29) is 6.04 Å². The van der Waals surface area contributed by atoms with Gasteiger partial charge < -0.3 is 10.2 Å². The molecule has 0 aliphatic carbocycles. The predicted molar refractivity (Wildman–Crippen MR) is 82.3 cm³/mol. The van der Waals surface area contributed by atoms with E-state index in [4.69, 9.17) is 0 Å². The molecule has 1 aromatic heterocycles. The minimum Gasteiger partial charge on any atom is -0.305 e. The first-order valence-electron chi connectivity index (χ1n) is 7.00. The molecule has 0 bridgehead atoms. The number of hydrogen-bond donors (Lipinski definition) is 1. The fraction of sp³-hybridized carbons (Fsp3) is 0.438. The van der Waals surface area contributed by atoms with E-state index in [1.54, 1.807) is 0 Å². The van der Waals surface area contributed by atoms with E-state index < -0.39 is 0 Å². The van der Waals surface area contributed by atoms with Crippen LogP contribution in [0.25, 0.3) is 0 Å². The second-order valence-electron chi connectivity index (χ2n) is 5.49. The van der Waals surface area contributed by atoms with Gasteiger partial charge in [0.05, 0.1) is 5.69 Å². The largest absolute Gasteiger partial charge is 0.305 e. The molecule has 4 nitrogen and oxygen atoms in total. The number of aromatic nitrogens is 2. The number of hydrogen-bond acceptors (Lipinski definition) is 3. The van der Waals surface area contributed by atoms with Crippen LogP contribution >= 0.6 is 0 Å². The van der Waals surface area contributed by atoms with E-state index in [0.717, 1.165) is 13.1 Å². The highest BCUT2D eigenvalue weighted by atomic mass is 15.3. The summed E-state index contributed by atoms with van der Waals surface area (Å²) in [6, 6.07) is 10.9. The molecule has 0 aliphatic rings. The van der Waals surface area contributed by atoms with Crippen molar-refractivity contribution in [2.24, 2.45) is 7.05 Å². The van der Waals surface area contributed by atoms with E-state index in [1.807, 2.05) is 17.9 Å². The Morgan fingerprint density at radius 2 is 1.90 bits per heavy atom. The number of rotatable bonds is 6. The van der Waals surface area contributed by atoms with E-state index >= 15 is 0 Å². The second-order valence-corrected chi connectivity index (χ2v) is 5.49. The van der Waals surface area contributed by atoms with Crippen LogP contribution < -0.4 is 5.32 Å². The third-order valence-corrected chi connectivity index (χ3v) is 3.51. The molecule has 0 amide bonds. The molecule has 1 aromatic carbocycles. The van der Waals surface area contributed by atoms with Crippen LogP contribution in [-0.4, -0.2) is 28.8 Å². The molecule has 1 atom stereocenters. The molecule has 0 fully saturated rings. The Bertz CT molecular complexity index is 545. The highest BCUT2D eigenvalue weighted by Crippen LogP contribution is 2.14. The monoisotopic (exact) mass is 272 g/mol. The van der Waals surface area contributed by atoms with Crippen LogP contribution in [-0.2, 0) is 20.1 Å². The summed E-state index contributed by atoms with van der Waals surface area (Å²) in [5, 5.41) is 7.80. The molecule has 0 radical (unpaired) electrons. The molecule has 2 rings (SSSR count). The van der Waals surface area contributed by atoms with E-state index in [9.17, 15) is 0 Å². The van der Waals surface area contributed by atoms with E-state index in [2.05, 4.69) is 66.7 Å². The summed E-state index contributed by atoms with van der Waals surface area (Å²) in [6.07, 6.45) is 1.84. The second kappa shape index (κ2) is 6.68. The summed E-state index contributed by atoms with van der Waals surface area (Å²) < 4.78 is 1.92. The lowest BCUT2D eigenvalue weighted by molar-refractivity contribution is 0.399. The van der Waals surface area contributed by atoms with Gasteiger partial charge in [0.15, 0.2) is 0 Å². The summed E-state index contributed by atoms with van der Waals surface area (Å²) in [6.45, 7) is 4.01.